The van der Waals surface area contributed by atoms with Crippen molar-refractivity contribution in [2.75, 3.05) is 18.4 Å². The molecule has 1 aliphatic rings. The van der Waals surface area contributed by atoms with Gasteiger partial charge in [-0.1, -0.05) is 0 Å². The number of nitrogens with one attached hydrogen (secondary N) is 1. The molecule has 0 spiro atoms. The van der Waals surface area contributed by atoms with Gasteiger partial charge in [0.2, 0.25) is 0 Å². The molecule has 0 radical (unpaired) electrons. The fourth-order valence-electron chi connectivity index (χ4n) is 3.46. The number of hydrogen-bond acceptors (Lipinski definition) is 5. The lowest BCUT2D eigenvalue weighted by atomic mass is 9.93. The Morgan fingerprint density at radius 2 is 2.19 bits per heavy atom. The van der Waals surface area contributed by atoms with Crippen LogP contribution in [0.15, 0.2) is 23.2 Å². The van der Waals surface area contributed by atoms with E-state index >= 15 is 0 Å². The summed E-state index contributed by atoms with van der Waals surface area (Å²) in [5.41, 5.74) is -0.675. The first-order valence-electron chi connectivity index (χ1n) is 9.35. The number of ether oxygens (including phenoxy) is 1. The number of nitrogens with two attached hydrogens (primary N) is 1. The van der Waals surface area contributed by atoms with Gasteiger partial charge in [0.05, 0.1) is 4.90 Å². The standard InChI is InChI=1S/C19H32N4O3S/c1-18(2,3)26-17(24)23-13-14(12-19(23,4)5)7-6-9-21-16-11-15(27(20)25)8-10-22-16/h8,10-11,14H,6-7,9,12-13,20H2,1-5H3,(H,21,22). The van der Waals surface area contributed by atoms with Crippen LogP contribution in [0.5, 0.6) is 0 Å². The summed E-state index contributed by atoms with van der Waals surface area (Å²) < 4.78 is 16.9. The van der Waals surface area contributed by atoms with Gasteiger partial charge in [0, 0.05) is 24.8 Å². The lowest BCUT2D eigenvalue weighted by Crippen LogP contribution is -2.45. The van der Waals surface area contributed by atoms with Gasteiger partial charge in [0.1, 0.15) is 22.4 Å². The largest absolute Gasteiger partial charge is 0.444 e. The summed E-state index contributed by atoms with van der Waals surface area (Å²) in [5, 5.41) is 8.64. The van der Waals surface area contributed by atoms with Crippen molar-refractivity contribution in [3.63, 3.8) is 0 Å². The van der Waals surface area contributed by atoms with Gasteiger partial charge in [0.15, 0.2) is 0 Å². The third-order valence-electron chi connectivity index (χ3n) is 4.63. The number of aromatic nitrogens is 1. The van der Waals surface area contributed by atoms with Crippen LogP contribution in [-0.2, 0) is 15.7 Å². The van der Waals surface area contributed by atoms with Crippen molar-refractivity contribution in [3.8, 4) is 0 Å². The molecule has 1 amide bonds. The normalized spacial score (nSPS) is 20.4. The second-order valence-corrected chi connectivity index (χ2v) is 9.78. The van der Waals surface area contributed by atoms with Gasteiger partial charge in [-0.15, -0.1) is 0 Å². The molecular weight excluding hydrogens is 364 g/mol. The van der Waals surface area contributed by atoms with Crippen molar-refractivity contribution in [1.82, 2.24) is 9.88 Å². The van der Waals surface area contributed by atoms with Gasteiger partial charge in [-0.25, -0.2) is 19.1 Å². The number of nitrogens with zero attached hydrogens (tertiary/aromatic N) is 2. The predicted octanol–water partition coefficient (Wildman–Crippen LogP) is 3.29. The molecule has 2 atom stereocenters. The number of anilines is 1. The van der Waals surface area contributed by atoms with Crippen LogP contribution in [-0.4, -0.2) is 44.4 Å². The van der Waals surface area contributed by atoms with Crippen molar-refractivity contribution in [2.45, 2.75) is 69.9 Å². The Morgan fingerprint density at radius 3 is 2.81 bits per heavy atom. The molecular formula is C19H32N4O3S. The van der Waals surface area contributed by atoms with Crippen LogP contribution < -0.4 is 10.5 Å². The molecule has 3 N–H and O–H groups in total. The van der Waals surface area contributed by atoms with Crippen LogP contribution in [0.25, 0.3) is 0 Å². The molecule has 0 aliphatic carbocycles. The second kappa shape index (κ2) is 8.56. The van der Waals surface area contributed by atoms with E-state index in [1.807, 2.05) is 25.7 Å². The Kier molecular flexibility index (Phi) is 6.86. The molecule has 1 aliphatic heterocycles. The van der Waals surface area contributed by atoms with Crippen LogP contribution in [0.3, 0.4) is 0 Å². The second-order valence-electron chi connectivity index (χ2n) is 8.72. The maximum absolute atomic E-state index is 12.5. The molecule has 0 bridgehead atoms. The first-order valence-corrected chi connectivity index (χ1v) is 10.6. The highest BCUT2D eigenvalue weighted by Gasteiger charge is 2.42. The number of hydrogen-bond donors (Lipinski definition) is 2. The van der Waals surface area contributed by atoms with Crippen molar-refractivity contribution < 1.29 is 13.7 Å². The van der Waals surface area contributed by atoms with Crippen molar-refractivity contribution in [2.24, 2.45) is 11.1 Å². The number of likely N-dealkylation sites (tertiary alicyclic amines) is 1. The smallest absolute Gasteiger partial charge is 0.410 e. The zero-order valence-electron chi connectivity index (χ0n) is 16.9. The molecule has 0 saturated carbocycles. The molecule has 8 heteroatoms. The Labute approximate surface area is 164 Å². The van der Waals surface area contributed by atoms with E-state index in [2.05, 4.69) is 24.1 Å². The molecule has 152 valence electrons. The quantitative estimate of drug-likeness (QED) is 0.719. The maximum atomic E-state index is 12.5. The number of pyridine rings is 1. The molecule has 1 saturated heterocycles. The van der Waals surface area contributed by atoms with Gasteiger partial charge in [-0.05, 0) is 71.9 Å². The number of amides is 1. The Morgan fingerprint density at radius 1 is 1.48 bits per heavy atom. The van der Waals surface area contributed by atoms with E-state index in [-0.39, 0.29) is 11.6 Å². The third-order valence-corrected chi connectivity index (χ3v) is 5.35. The van der Waals surface area contributed by atoms with E-state index in [1.165, 1.54) is 0 Å². The number of rotatable bonds is 6. The lowest BCUT2D eigenvalue weighted by Gasteiger charge is -2.33. The van der Waals surface area contributed by atoms with Gasteiger partial charge in [-0.2, -0.15) is 0 Å². The van der Waals surface area contributed by atoms with E-state index < -0.39 is 16.6 Å². The number of carbonyl (C=O) groups is 1. The minimum Gasteiger partial charge on any atom is -0.444 e. The maximum Gasteiger partial charge on any atom is 0.410 e. The summed E-state index contributed by atoms with van der Waals surface area (Å²) >= 11 is 0. The number of carbonyl (C=O) groups excluding carboxylic acids is 1. The van der Waals surface area contributed by atoms with Crippen molar-refractivity contribution >= 4 is 22.9 Å². The predicted molar refractivity (Wildman–Crippen MR) is 108 cm³/mol. The first kappa shape index (κ1) is 21.6. The van der Waals surface area contributed by atoms with Crippen LogP contribution in [0, 0.1) is 5.92 Å². The van der Waals surface area contributed by atoms with Gasteiger partial charge in [-0.3, -0.25) is 0 Å². The summed E-state index contributed by atoms with van der Waals surface area (Å²) in [6.45, 7) is 11.3. The first-order chi connectivity index (χ1) is 12.5. The topological polar surface area (TPSA) is 97.5 Å². The van der Waals surface area contributed by atoms with E-state index in [0.717, 1.165) is 32.4 Å². The van der Waals surface area contributed by atoms with Crippen LogP contribution in [0.2, 0.25) is 0 Å². The van der Waals surface area contributed by atoms with Crippen LogP contribution >= 0.6 is 0 Å². The third kappa shape index (κ3) is 6.46. The average molecular weight is 397 g/mol. The van der Waals surface area contributed by atoms with Crippen molar-refractivity contribution in [1.29, 1.82) is 0 Å². The Hall–Kier alpha value is -1.67. The van der Waals surface area contributed by atoms with Gasteiger partial charge >= 0.3 is 6.09 Å². The molecule has 0 aromatic carbocycles. The SMILES string of the molecule is CC(C)(C)OC(=O)N1CC(CCCNc2cc(S(N)=O)ccn2)CC1(C)C. The highest BCUT2D eigenvalue weighted by Crippen LogP contribution is 2.36. The molecule has 27 heavy (non-hydrogen) atoms. The van der Waals surface area contributed by atoms with E-state index in [1.54, 1.807) is 18.3 Å². The summed E-state index contributed by atoms with van der Waals surface area (Å²) in [6, 6.07) is 3.35. The van der Waals surface area contributed by atoms with Gasteiger partial charge in [0.25, 0.3) is 0 Å². The summed E-state index contributed by atoms with van der Waals surface area (Å²) in [4.78, 5) is 19.1. The van der Waals surface area contributed by atoms with Crippen molar-refractivity contribution in [3.05, 3.63) is 18.3 Å². The molecule has 2 heterocycles. The van der Waals surface area contributed by atoms with E-state index in [4.69, 9.17) is 9.88 Å². The summed E-state index contributed by atoms with van der Waals surface area (Å²) in [7, 11) is -1.50. The van der Waals surface area contributed by atoms with Crippen LogP contribution in [0.1, 0.15) is 53.9 Å². The van der Waals surface area contributed by atoms with E-state index in [9.17, 15) is 9.00 Å². The summed E-state index contributed by atoms with van der Waals surface area (Å²) in [6.07, 6.45) is 4.30. The van der Waals surface area contributed by atoms with Crippen LogP contribution in [0.4, 0.5) is 10.6 Å². The Bertz CT molecular complexity index is 688. The molecule has 2 unspecified atom stereocenters. The zero-order valence-corrected chi connectivity index (χ0v) is 17.8. The lowest BCUT2D eigenvalue weighted by molar-refractivity contribution is 0.0131. The fraction of sp³-hybridized carbons (Fsp3) is 0.684. The minimum absolute atomic E-state index is 0.193. The molecule has 1 aromatic rings. The molecule has 7 nitrogen and oxygen atoms in total. The zero-order chi connectivity index (χ0) is 20.2. The average Bonchev–Trinajstić information content (AvgIpc) is 2.85. The van der Waals surface area contributed by atoms with E-state index in [0.29, 0.717) is 16.6 Å². The highest BCUT2D eigenvalue weighted by atomic mass is 32.2. The molecule has 1 fully saturated rings. The monoisotopic (exact) mass is 396 g/mol. The fourth-order valence-corrected chi connectivity index (χ4v) is 3.88. The molecule has 1 aromatic heterocycles. The Balaban J connectivity index is 1.81. The summed E-state index contributed by atoms with van der Waals surface area (Å²) in [5.74, 6) is 1.12. The minimum atomic E-state index is -1.50. The highest BCUT2D eigenvalue weighted by molar-refractivity contribution is 7.82. The van der Waals surface area contributed by atoms with Gasteiger partial charge < -0.3 is 15.0 Å². The molecule has 2 rings (SSSR count).